The molecule has 3 rings (SSSR count). The number of rotatable bonds is 5. The van der Waals surface area contributed by atoms with Crippen LogP contribution in [0.15, 0.2) is 29.2 Å². The van der Waals surface area contributed by atoms with Crippen LogP contribution in [-0.2, 0) is 6.54 Å². The molecule has 1 unspecified atom stereocenters. The predicted octanol–water partition coefficient (Wildman–Crippen LogP) is 1.97. The van der Waals surface area contributed by atoms with Crippen LogP contribution < -0.4 is 15.0 Å². The van der Waals surface area contributed by atoms with Gasteiger partial charge in [-0.2, -0.15) is 0 Å². The lowest BCUT2D eigenvalue weighted by atomic mass is 10.3. The Hall–Kier alpha value is -2.35. The Morgan fingerprint density at radius 3 is 3.12 bits per heavy atom. The molecule has 1 aliphatic heterocycles. The van der Waals surface area contributed by atoms with E-state index in [9.17, 15) is 4.79 Å². The molecule has 2 amide bonds. The zero-order chi connectivity index (χ0) is 16.9. The molecule has 0 spiro atoms. The van der Waals surface area contributed by atoms with E-state index in [0.29, 0.717) is 19.6 Å². The van der Waals surface area contributed by atoms with Gasteiger partial charge in [0, 0.05) is 38.6 Å². The lowest BCUT2D eigenvalue weighted by Crippen LogP contribution is -2.39. The summed E-state index contributed by atoms with van der Waals surface area (Å²) in [6.07, 6.45) is 2.54. The highest BCUT2D eigenvalue weighted by molar-refractivity contribution is 7.07. The van der Waals surface area contributed by atoms with Gasteiger partial charge in [0.25, 0.3) is 0 Å². The van der Waals surface area contributed by atoms with Crippen LogP contribution in [0.3, 0.4) is 0 Å². The number of urea groups is 1. The Labute approximate surface area is 145 Å². The van der Waals surface area contributed by atoms with Crippen molar-refractivity contribution in [1.82, 2.24) is 20.2 Å². The van der Waals surface area contributed by atoms with Crippen LogP contribution >= 0.6 is 11.3 Å². The molecular weight excluding hydrogens is 326 g/mol. The number of nitrogens with zero attached hydrogens (tertiary/aromatic N) is 4. The van der Waals surface area contributed by atoms with Crippen molar-refractivity contribution in [2.75, 3.05) is 32.1 Å². The van der Waals surface area contributed by atoms with E-state index < -0.39 is 0 Å². The fourth-order valence-electron chi connectivity index (χ4n) is 2.60. The molecule has 0 bridgehead atoms. The molecule has 0 saturated carbocycles. The van der Waals surface area contributed by atoms with Crippen molar-refractivity contribution in [3.8, 4) is 5.75 Å². The van der Waals surface area contributed by atoms with Crippen molar-refractivity contribution in [2.45, 2.75) is 19.1 Å². The number of thiazole rings is 1. The second kappa shape index (κ2) is 7.48. The molecule has 3 heterocycles. The fourth-order valence-corrected chi connectivity index (χ4v) is 3.16. The minimum Gasteiger partial charge on any atom is -0.485 e. The third-order valence-corrected chi connectivity index (χ3v) is 4.44. The summed E-state index contributed by atoms with van der Waals surface area (Å²) in [6, 6.07) is 3.69. The number of pyridine rings is 1. The molecule has 8 heteroatoms. The number of hydrogen-bond acceptors (Lipinski definition) is 6. The first-order valence-electron chi connectivity index (χ1n) is 7.82. The number of anilines is 1. The lowest BCUT2D eigenvalue weighted by Gasteiger charge is -2.20. The van der Waals surface area contributed by atoms with E-state index in [0.717, 1.165) is 23.7 Å². The van der Waals surface area contributed by atoms with Crippen molar-refractivity contribution in [3.63, 3.8) is 0 Å². The first-order valence-corrected chi connectivity index (χ1v) is 8.76. The second-order valence-electron chi connectivity index (χ2n) is 5.83. The highest BCUT2D eigenvalue weighted by atomic mass is 32.1. The zero-order valence-electron chi connectivity index (χ0n) is 13.8. The van der Waals surface area contributed by atoms with Crippen LogP contribution in [-0.4, -0.2) is 54.2 Å². The van der Waals surface area contributed by atoms with Crippen molar-refractivity contribution in [2.24, 2.45) is 0 Å². The molecule has 1 atom stereocenters. The number of likely N-dealkylation sites (tertiary alicyclic amines) is 1. The van der Waals surface area contributed by atoms with Crippen molar-refractivity contribution >= 4 is 23.2 Å². The highest BCUT2D eigenvalue weighted by Gasteiger charge is 2.28. The van der Waals surface area contributed by atoms with Gasteiger partial charge in [0.15, 0.2) is 11.6 Å². The van der Waals surface area contributed by atoms with E-state index in [-0.39, 0.29) is 12.1 Å². The molecule has 0 radical (unpaired) electrons. The van der Waals surface area contributed by atoms with Crippen LogP contribution in [0.2, 0.25) is 0 Å². The third kappa shape index (κ3) is 3.94. The van der Waals surface area contributed by atoms with Crippen LogP contribution in [0.25, 0.3) is 0 Å². The summed E-state index contributed by atoms with van der Waals surface area (Å²) in [5, 5.41) is 4.83. The molecule has 24 heavy (non-hydrogen) atoms. The molecule has 0 aliphatic carbocycles. The molecule has 2 aromatic rings. The van der Waals surface area contributed by atoms with Crippen molar-refractivity contribution in [1.29, 1.82) is 0 Å². The molecule has 7 nitrogen and oxygen atoms in total. The van der Waals surface area contributed by atoms with Crippen molar-refractivity contribution in [3.05, 3.63) is 34.9 Å². The maximum absolute atomic E-state index is 12.2. The summed E-state index contributed by atoms with van der Waals surface area (Å²) in [6.45, 7) is 1.72. The summed E-state index contributed by atoms with van der Waals surface area (Å²) in [5.41, 5.74) is 2.64. The molecule has 128 valence electrons. The van der Waals surface area contributed by atoms with Crippen LogP contribution in [0.4, 0.5) is 10.6 Å². The number of amides is 2. The number of carbonyl (C=O) groups excluding carboxylic acids is 1. The van der Waals surface area contributed by atoms with E-state index in [1.807, 2.05) is 36.5 Å². The average Bonchev–Trinajstić information content (AvgIpc) is 3.24. The number of aromatic nitrogens is 2. The monoisotopic (exact) mass is 347 g/mol. The maximum Gasteiger partial charge on any atom is 0.317 e. The summed E-state index contributed by atoms with van der Waals surface area (Å²) in [7, 11) is 3.87. The SMILES string of the molecule is CN(C)c1ncccc1OC1CCN(C(=O)NCc2cscn2)C1. The number of ether oxygens (including phenoxy) is 1. The van der Waals surface area contributed by atoms with Gasteiger partial charge in [-0.1, -0.05) is 0 Å². The van der Waals surface area contributed by atoms with Gasteiger partial charge in [-0.05, 0) is 12.1 Å². The smallest absolute Gasteiger partial charge is 0.317 e. The Kier molecular flexibility index (Phi) is 5.14. The van der Waals surface area contributed by atoms with Gasteiger partial charge in [0.1, 0.15) is 6.10 Å². The Bertz CT molecular complexity index is 677. The number of nitrogens with one attached hydrogen (secondary N) is 1. The quantitative estimate of drug-likeness (QED) is 0.895. The van der Waals surface area contributed by atoms with Crippen LogP contribution in [0.1, 0.15) is 12.1 Å². The largest absolute Gasteiger partial charge is 0.485 e. The fraction of sp³-hybridized carbons (Fsp3) is 0.438. The van der Waals surface area contributed by atoms with Crippen molar-refractivity contribution < 1.29 is 9.53 Å². The van der Waals surface area contributed by atoms with Gasteiger partial charge >= 0.3 is 6.03 Å². The minimum absolute atomic E-state index is 0.0158. The molecule has 1 aliphatic rings. The number of hydrogen-bond donors (Lipinski definition) is 1. The third-order valence-electron chi connectivity index (χ3n) is 3.80. The first kappa shape index (κ1) is 16.5. The molecule has 2 aromatic heterocycles. The van der Waals surface area contributed by atoms with Gasteiger partial charge in [0.2, 0.25) is 0 Å². The Morgan fingerprint density at radius 2 is 2.38 bits per heavy atom. The highest BCUT2D eigenvalue weighted by Crippen LogP contribution is 2.26. The normalized spacial score (nSPS) is 16.9. The van der Waals surface area contributed by atoms with Crippen LogP contribution in [0, 0.1) is 0 Å². The summed E-state index contributed by atoms with van der Waals surface area (Å²) in [5.74, 6) is 1.54. The summed E-state index contributed by atoms with van der Waals surface area (Å²) in [4.78, 5) is 24.4. The van der Waals surface area contributed by atoms with Gasteiger partial charge in [-0.3, -0.25) is 0 Å². The van der Waals surface area contributed by atoms with E-state index in [1.165, 1.54) is 11.3 Å². The predicted molar refractivity (Wildman–Crippen MR) is 93.5 cm³/mol. The second-order valence-corrected chi connectivity index (χ2v) is 6.55. The zero-order valence-corrected chi connectivity index (χ0v) is 14.6. The van der Waals surface area contributed by atoms with E-state index >= 15 is 0 Å². The Balaban J connectivity index is 1.53. The van der Waals surface area contributed by atoms with E-state index in [4.69, 9.17) is 4.74 Å². The van der Waals surface area contributed by atoms with Gasteiger partial charge in [0.05, 0.1) is 24.3 Å². The first-order chi connectivity index (χ1) is 11.6. The Morgan fingerprint density at radius 1 is 1.50 bits per heavy atom. The van der Waals surface area contributed by atoms with Crippen LogP contribution in [0.5, 0.6) is 5.75 Å². The maximum atomic E-state index is 12.2. The summed E-state index contributed by atoms with van der Waals surface area (Å²) >= 11 is 1.52. The average molecular weight is 347 g/mol. The molecule has 1 saturated heterocycles. The van der Waals surface area contributed by atoms with E-state index in [1.54, 1.807) is 16.6 Å². The molecule has 0 aromatic carbocycles. The molecular formula is C16H21N5O2S. The lowest BCUT2D eigenvalue weighted by molar-refractivity contribution is 0.186. The summed E-state index contributed by atoms with van der Waals surface area (Å²) < 4.78 is 6.06. The minimum atomic E-state index is -0.0758. The number of carbonyl (C=O) groups is 1. The standard InChI is InChI=1S/C16H21N5O2S/c1-20(2)15-14(4-3-6-17-15)23-13-5-7-21(9-13)16(22)18-8-12-10-24-11-19-12/h3-4,6,10-11,13H,5,7-9H2,1-2H3,(H,18,22). The molecule has 1 N–H and O–H groups in total. The topological polar surface area (TPSA) is 70.6 Å². The van der Waals surface area contributed by atoms with Gasteiger partial charge in [-0.15, -0.1) is 11.3 Å². The van der Waals surface area contributed by atoms with Gasteiger partial charge in [-0.25, -0.2) is 14.8 Å². The molecule has 1 fully saturated rings. The van der Waals surface area contributed by atoms with Gasteiger partial charge < -0.3 is 19.9 Å². The van der Waals surface area contributed by atoms with E-state index in [2.05, 4.69) is 15.3 Å².